The van der Waals surface area contributed by atoms with Crippen molar-refractivity contribution in [1.82, 2.24) is 53.2 Å². The van der Waals surface area contributed by atoms with Crippen LogP contribution >= 0.6 is 23.2 Å². The molecule has 2 atom stereocenters. The molecule has 2 rings (SSSR count). The molecule has 0 heterocycles. The van der Waals surface area contributed by atoms with Gasteiger partial charge in [0.2, 0.25) is 0 Å². The van der Waals surface area contributed by atoms with Crippen molar-refractivity contribution in [2.24, 2.45) is 34.8 Å². The third kappa shape index (κ3) is 47.6. The maximum Gasteiger partial charge on any atom is 0.199 e. The van der Waals surface area contributed by atoms with E-state index in [1.165, 1.54) is 38.5 Å². The van der Waals surface area contributed by atoms with Gasteiger partial charge in [-0.05, 0) is 98.9 Å². The van der Waals surface area contributed by atoms with Crippen LogP contribution in [0.25, 0.3) is 0 Å². The fourth-order valence-corrected chi connectivity index (χ4v) is 6.87. The molecule has 0 saturated heterocycles. The van der Waals surface area contributed by atoms with E-state index >= 15 is 0 Å². The third-order valence-corrected chi connectivity index (χ3v) is 11.5. The molecule has 0 aliphatic heterocycles. The lowest BCUT2D eigenvalue weighted by molar-refractivity contribution is 0.444. The highest BCUT2D eigenvalue weighted by Crippen LogP contribution is 2.15. The molecule has 78 heavy (non-hydrogen) atoms. The Bertz CT molecular complexity index is 1830. The van der Waals surface area contributed by atoms with Crippen LogP contribution in [0.3, 0.4) is 0 Å². The molecule has 2 aromatic carbocycles. The second kappa shape index (κ2) is 49.7. The molecule has 0 amide bonds. The van der Waals surface area contributed by atoms with Crippen molar-refractivity contribution in [3.8, 4) is 0 Å². The summed E-state index contributed by atoms with van der Waals surface area (Å²) in [4.78, 5) is 0. The second-order valence-corrected chi connectivity index (χ2v) is 18.8. The number of rotatable bonds is 29. The molecule has 442 valence electrons. The number of benzene rings is 2. The van der Waals surface area contributed by atoms with Crippen molar-refractivity contribution in [3.05, 3.63) is 58.6 Å². The molecule has 29 N–H and O–H groups in total. The van der Waals surface area contributed by atoms with E-state index in [2.05, 4.69) is 103 Å². The third-order valence-electron chi connectivity index (χ3n) is 11.0. The Morgan fingerprint density at radius 2 is 0.654 bits per heavy atom. The van der Waals surface area contributed by atoms with Crippen molar-refractivity contribution in [3.63, 3.8) is 0 Å². The van der Waals surface area contributed by atoms with Crippen LogP contribution in [0.1, 0.15) is 130 Å². The van der Waals surface area contributed by atoms with Crippen LogP contribution in [0, 0.1) is 60.5 Å². The highest BCUT2D eigenvalue weighted by atomic mass is 35.5. The summed E-state index contributed by atoms with van der Waals surface area (Å²) in [5.74, 6) is 1.58. The number of anilines is 2. The van der Waals surface area contributed by atoms with Gasteiger partial charge in [-0.25, -0.2) is 0 Å². The van der Waals surface area contributed by atoms with E-state index in [4.69, 9.17) is 83.4 Å². The number of guanidine groups is 9. The van der Waals surface area contributed by atoms with Crippen molar-refractivity contribution in [2.75, 3.05) is 63.0 Å². The second-order valence-electron chi connectivity index (χ2n) is 17.9. The van der Waals surface area contributed by atoms with Gasteiger partial charge in [-0.15, -0.1) is 0 Å². The van der Waals surface area contributed by atoms with Crippen molar-refractivity contribution in [1.29, 1.82) is 48.7 Å². The van der Waals surface area contributed by atoms with Crippen LogP contribution in [0.4, 0.5) is 11.4 Å². The summed E-state index contributed by atoms with van der Waals surface area (Å²) in [6.45, 7) is 14.1. The van der Waals surface area contributed by atoms with E-state index in [1.54, 1.807) is 48.5 Å². The van der Waals surface area contributed by atoms with Crippen LogP contribution in [-0.4, -0.2) is 106 Å². The molecule has 25 nitrogen and oxygen atoms in total. The summed E-state index contributed by atoms with van der Waals surface area (Å²) < 4.78 is 0. The summed E-state index contributed by atoms with van der Waals surface area (Å²) in [6.07, 6.45) is 17.0. The quantitative estimate of drug-likeness (QED) is 0.0246. The summed E-state index contributed by atoms with van der Waals surface area (Å²) in [6, 6.07) is 13.9. The van der Waals surface area contributed by atoms with Crippen LogP contribution in [0.15, 0.2) is 48.5 Å². The number of halogens is 2. The van der Waals surface area contributed by atoms with E-state index in [9.17, 15) is 0 Å². The van der Waals surface area contributed by atoms with Gasteiger partial charge in [-0.2, -0.15) is 0 Å². The monoisotopic (exact) mass is 1130 g/mol. The Balaban J connectivity index is 0. The van der Waals surface area contributed by atoms with Gasteiger partial charge in [-0.3, -0.25) is 70.0 Å². The first-order valence-corrected chi connectivity index (χ1v) is 27.8. The molecule has 0 aromatic heterocycles. The topological polar surface area (TPSA) is 463 Å². The van der Waals surface area contributed by atoms with Gasteiger partial charge in [-0.1, -0.05) is 115 Å². The fraction of sp³-hybridized carbons (Fsp3) is 0.588. The summed E-state index contributed by atoms with van der Waals surface area (Å²) in [5, 5.41) is 105. The molecule has 0 radical (unpaired) electrons. The number of nitrogens with two attached hydrogens (primary N) is 4. The van der Waals surface area contributed by atoms with Gasteiger partial charge >= 0.3 is 0 Å². The summed E-state index contributed by atoms with van der Waals surface area (Å²) in [7, 11) is 0. The standard InChI is InChI=1S/C26H56N10.C22H30Cl2N10.C2H8N2.CH5N3/c1-5-9-15-21(7-3)19-33-25(29)35-23(27)31-17-13-11-12-14-18-32-24(28)36-26(30)34-20-22(8-4)16-10-6-2;23-15-5-9-17(10-6-15)31-21(27)33-19(25)29-13-3-1-2-4-14-30-20(26)34-22(28)32-18-11-7-16(24)8-12-18;3-1-2-4;2-1(3)4/h21-22H,5-20H2,1-4H3,(H5,27,29,31,33,35)(H5,28,30,32,34,36);5-12H,1-4,13-14H2,(H5,25,27,29,31,33)(H5,26,28,30,32,34);1-4H2;(H5,2,3,4). The van der Waals surface area contributed by atoms with Crippen LogP contribution in [0.2, 0.25) is 10.0 Å². The molecule has 2 unspecified atom stereocenters. The number of hydrogen-bond acceptors (Lipinski definition) is 11. The molecule has 27 heteroatoms. The van der Waals surface area contributed by atoms with Gasteiger partial charge in [0.05, 0.1) is 0 Å². The average molecular weight is 1130 g/mol. The highest BCUT2D eigenvalue weighted by Gasteiger charge is 2.10. The first-order valence-electron chi connectivity index (χ1n) is 27.1. The predicted molar refractivity (Wildman–Crippen MR) is 330 cm³/mol. The fourth-order valence-electron chi connectivity index (χ4n) is 6.62. The van der Waals surface area contributed by atoms with Crippen LogP contribution in [-0.2, 0) is 0 Å². The minimum atomic E-state index is -0.333. The van der Waals surface area contributed by atoms with Gasteiger partial charge in [0, 0.05) is 73.8 Å². The minimum Gasteiger partial charge on any atom is -0.370 e. The Morgan fingerprint density at radius 3 is 0.897 bits per heavy atom. The molecule has 0 spiro atoms. The molecule has 0 fully saturated rings. The lowest BCUT2D eigenvalue weighted by Gasteiger charge is -2.18. The Kier molecular flexibility index (Phi) is 46.7. The minimum absolute atomic E-state index is 0.00148. The number of nitrogens with one attached hydrogen (secondary N) is 21. The number of hydrogen-bond donors (Lipinski definition) is 25. The lowest BCUT2D eigenvalue weighted by Crippen LogP contribution is -2.47. The highest BCUT2D eigenvalue weighted by molar-refractivity contribution is 6.31. The molecule has 0 aliphatic rings. The number of unbranched alkanes of at least 4 members (excludes halogenated alkanes) is 8. The van der Waals surface area contributed by atoms with Gasteiger partial charge in [0.25, 0.3) is 0 Å². The SMILES string of the molecule is CCCCC(CC)CNC(=N)NC(=N)NCCCCCCNC(=N)NC(=N)NCC(CC)CCCC.N=C(N)N.N=C(NCCCCCCNC(=N)NC(=N)Nc1ccc(Cl)cc1)NC(=N)Nc1ccc(Cl)cc1.NCCN. The normalized spacial score (nSPS) is 10.7. The first kappa shape index (κ1) is 73.2. The van der Waals surface area contributed by atoms with E-state index in [0.717, 1.165) is 77.3 Å². The van der Waals surface area contributed by atoms with E-state index in [-0.39, 0.29) is 53.6 Å². The molecular formula is C51H99Cl2N25. The van der Waals surface area contributed by atoms with Gasteiger partial charge in [0.15, 0.2) is 53.6 Å². The maximum atomic E-state index is 7.96. The van der Waals surface area contributed by atoms with Gasteiger partial charge < -0.3 is 65.5 Å². The van der Waals surface area contributed by atoms with E-state index in [1.807, 2.05) is 0 Å². The lowest BCUT2D eigenvalue weighted by atomic mass is 9.99. The average Bonchev–Trinajstić information content (AvgIpc) is 3.39. The van der Waals surface area contributed by atoms with E-state index < -0.39 is 0 Å². The smallest absolute Gasteiger partial charge is 0.199 e. The van der Waals surface area contributed by atoms with Crippen molar-refractivity contribution >= 4 is 88.2 Å². The molecule has 0 saturated carbocycles. The molecular weight excluding hydrogens is 1030 g/mol. The Labute approximate surface area is 474 Å². The zero-order chi connectivity index (χ0) is 58.8. The zero-order valence-corrected chi connectivity index (χ0v) is 48.3. The van der Waals surface area contributed by atoms with E-state index in [0.29, 0.717) is 72.5 Å². The Morgan fingerprint density at radius 1 is 0.397 bits per heavy atom. The van der Waals surface area contributed by atoms with Crippen molar-refractivity contribution < 1.29 is 0 Å². The summed E-state index contributed by atoms with van der Waals surface area (Å²) in [5.41, 5.74) is 20.2. The van der Waals surface area contributed by atoms with Gasteiger partial charge in [0.1, 0.15) is 0 Å². The largest absolute Gasteiger partial charge is 0.370 e. The molecule has 0 bridgehead atoms. The van der Waals surface area contributed by atoms with Crippen LogP contribution < -0.4 is 86.7 Å². The maximum absolute atomic E-state index is 7.96. The van der Waals surface area contributed by atoms with Crippen LogP contribution in [0.5, 0.6) is 0 Å². The molecule has 2 aromatic rings. The zero-order valence-electron chi connectivity index (χ0n) is 46.8. The first-order chi connectivity index (χ1) is 37.3. The Hall–Kier alpha value is -6.83. The van der Waals surface area contributed by atoms with Crippen molar-refractivity contribution in [2.45, 2.75) is 130 Å². The predicted octanol–water partition coefficient (Wildman–Crippen LogP) is 6.17. The molecule has 0 aliphatic carbocycles. The summed E-state index contributed by atoms with van der Waals surface area (Å²) >= 11 is 11.7.